The molecule has 0 unspecified atom stereocenters. The summed E-state index contributed by atoms with van der Waals surface area (Å²) in [6.07, 6.45) is 1.97. The standard InChI is InChI=1S/C20H21N3O7/c1-26-14-8-7-13(11-16(14)27-2)19-22-17(30-23-19)12-29-18(24)6-3-9-21-20(25)15-5-4-10-28-15/h4-5,7-8,10-11H,3,6,9,12H2,1-2H3,(H,21,25). The van der Waals surface area contributed by atoms with Gasteiger partial charge in [0.25, 0.3) is 11.8 Å². The highest BCUT2D eigenvalue weighted by Crippen LogP contribution is 2.31. The molecule has 158 valence electrons. The van der Waals surface area contributed by atoms with Crippen LogP contribution < -0.4 is 14.8 Å². The van der Waals surface area contributed by atoms with E-state index in [2.05, 4.69) is 15.5 Å². The van der Waals surface area contributed by atoms with Crippen LogP contribution in [0.15, 0.2) is 45.5 Å². The normalized spacial score (nSPS) is 10.5. The Morgan fingerprint density at radius 1 is 1.13 bits per heavy atom. The average molecular weight is 415 g/mol. The molecule has 1 N–H and O–H groups in total. The number of rotatable bonds is 10. The van der Waals surface area contributed by atoms with Crippen molar-refractivity contribution < 1.29 is 32.7 Å². The number of furan rings is 1. The molecule has 0 saturated carbocycles. The van der Waals surface area contributed by atoms with Crippen LogP contribution in [0.4, 0.5) is 0 Å². The minimum absolute atomic E-state index is 0.134. The number of esters is 1. The summed E-state index contributed by atoms with van der Waals surface area (Å²) < 4.78 is 25.7. The smallest absolute Gasteiger partial charge is 0.306 e. The highest BCUT2D eigenvalue weighted by molar-refractivity contribution is 5.91. The second-order valence-electron chi connectivity index (χ2n) is 6.08. The topological polar surface area (TPSA) is 126 Å². The maximum atomic E-state index is 11.8. The van der Waals surface area contributed by atoms with E-state index in [9.17, 15) is 9.59 Å². The van der Waals surface area contributed by atoms with E-state index in [1.807, 2.05) is 0 Å². The molecule has 0 radical (unpaired) electrons. The monoisotopic (exact) mass is 415 g/mol. The number of carbonyl (C=O) groups is 2. The molecule has 1 amide bonds. The van der Waals surface area contributed by atoms with Crippen LogP contribution in [0.25, 0.3) is 11.4 Å². The van der Waals surface area contributed by atoms with Gasteiger partial charge in [0.1, 0.15) is 0 Å². The van der Waals surface area contributed by atoms with Crippen molar-refractivity contribution in [2.75, 3.05) is 20.8 Å². The second kappa shape index (κ2) is 10.1. The molecule has 0 spiro atoms. The molecule has 0 aliphatic rings. The molecule has 2 heterocycles. The molecular formula is C20H21N3O7. The van der Waals surface area contributed by atoms with Crippen molar-refractivity contribution in [2.45, 2.75) is 19.4 Å². The van der Waals surface area contributed by atoms with Crippen molar-refractivity contribution in [1.29, 1.82) is 0 Å². The molecule has 10 nitrogen and oxygen atoms in total. The Labute approximate surface area is 172 Å². The largest absolute Gasteiger partial charge is 0.493 e. The first kappa shape index (κ1) is 20.9. The number of carbonyl (C=O) groups excluding carboxylic acids is 2. The van der Waals surface area contributed by atoms with Crippen LogP contribution in [0.1, 0.15) is 29.3 Å². The molecule has 2 aromatic heterocycles. The molecule has 0 aliphatic heterocycles. The van der Waals surface area contributed by atoms with Gasteiger partial charge in [-0.2, -0.15) is 4.98 Å². The molecule has 0 bridgehead atoms. The number of hydrogen-bond donors (Lipinski definition) is 1. The van der Waals surface area contributed by atoms with Crippen molar-refractivity contribution in [1.82, 2.24) is 15.5 Å². The van der Waals surface area contributed by atoms with E-state index in [4.69, 9.17) is 23.2 Å². The molecule has 0 fully saturated rings. The summed E-state index contributed by atoms with van der Waals surface area (Å²) in [4.78, 5) is 27.8. The number of methoxy groups -OCH3 is 2. The molecule has 0 saturated heterocycles. The third kappa shape index (κ3) is 5.37. The lowest BCUT2D eigenvalue weighted by atomic mass is 10.2. The molecule has 3 rings (SSSR count). The minimum Gasteiger partial charge on any atom is -0.493 e. The van der Waals surface area contributed by atoms with Crippen LogP contribution in [0.2, 0.25) is 0 Å². The summed E-state index contributed by atoms with van der Waals surface area (Å²) in [6, 6.07) is 8.40. The van der Waals surface area contributed by atoms with Crippen LogP contribution >= 0.6 is 0 Å². The maximum absolute atomic E-state index is 11.8. The third-order valence-electron chi connectivity index (χ3n) is 4.05. The first-order valence-electron chi connectivity index (χ1n) is 9.13. The molecule has 1 aromatic carbocycles. The Morgan fingerprint density at radius 3 is 2.70 bits per heavy atom. The summed E-state index contributed by atoms with van der Waals surface area (Å²) in [5.41, 5.74) is 0.668. The van der Waals surface area contributed by atoms with Crippen LogP contribution in [-0.4, -0.2) is 42.8 Å². The number of amides is 1. The number of nitrogens with zero attached hydrogens (tertiary/aromatic N) is 2. The van der Waals surface area contributed by atoms with Crippen molar-refractivity contribution in [3.05, 3.63) is 48.2 Å². The van der Waals surface area contributed by atoms with Crippen LogP contribution in [-0.2, 0) is 16.1 Å². The van der Waals surface area contributed by atoms with Gasteiger partial charge in [-0.05, 0) is 36.8 Å². The first-order valence-corrected chi connectivity index (χ1v) is 9.13. The fourth-order valence-electron chi connectivity index (χ4n) is 2.55. The van der Waals surface area contributed by atoms with E-state index in [1.165, 1.54) is 13.4 Å². The zero-order valence-corrected chi connectivity index (χ0v) is 16.5. The predicted molar refractivity (Wildman–Crippen MR) is 103 cm³/mol. The zero-order chi connectivity index (χ0) is 21.3. The Hall–Kier alpha value is -3.82. The average Bonchev–Trinajstić information content (AvgIpc) is 3.47. The summed E-state index contributed by atoms with van der Waals surface area (Å²) in [5.74, 6) is 1.07. The lowest BCUT2D eigenvalue weighted by molar-refractivity contribution is -0.145. The zero-order valence-electron chi connectivity index (χ0n) is 16.5. The molecular weight excluding hydrogens is 394 g/mol. The van der Waals surface area contributed by atoms with E-state index in [0.717, 1.165) is 0 Å². The second-order valence-corrected chi connectivity index (χ2v) is 6.08. The van der Waals surface area contributed by atoms with Gasteiger partial charge in [-0.3, -0.25) is 9.59 Å². The van der Waals surface area contributed by atoms with Gasteiger partial charge in [0.15, 0.2) is 23.9 Å². The lowest BCUT2D eigenvalue weighted by Gasteiger charge is -2.07. The highest BCUT2D eigenvalue weighted by Gasteiger charge is 2.14. The van der Waals surface area contributed by atoms with Gasteiger partial charge in [-0.15, -0.1) is 0 Å². The Bertz CT molecular complexity index is 982. The summed E-state index contributed by atoms with van der Waals surface area (Å²) in [5, 5.41) is 6.54. The van der Waals surface area contributed by atoms with Gasteiger partial charge in [-0.25, -0.2) is 0 Å². The lowest BCUT2D eigenvalue weighted by Crippen LogP contribution is -2.24. The molecule has 30 heavy (non-hydrogen) atoms. The van der Waals surface area contributed by atoms with Gasteiger partial charge >= 0.3 is 5.97 Å². The van der Waals surface area contributed by atoms with E-state index >= 15 is 0 Å². The minimum atomic E-state index is -0.437. The van der Waals surface area contributed by atoms with Gasteiger partial charge in [0.2, 0.25) is 5.82 Å². The van der Waals surface area contributed by atoms with Crippen molar-refractivity contribution in [2.24, 2.45) is 0 Å². The summed E-state index contributed by atoms with van der Waals surface area (Å²) >= 11 is 0. The number of benzene rings is 1. The molecule has 0 atom stereocenters. The Kier molecular flexibility index (Phi) is 7.04. The van der Waals surface area contributed by atoms with E-state index in [1.54, 1.807) is 37.4 Å². The van der Waals surface area contributed by atoms with Crippen molar-refractivity contribution in [3.8, 4) is 22.9 Å². The van der Waals surface area contributed by atoms with E-state index in [-0.39, 0.29) is 30.6 Å². The van der Waals surface area contributed by atoms with Crippen LogP contribution in [0.3, 0.4) is 0 Å². The van der Waals surface area contributed by atoms with Gasteiger partial charge in [0, 0.05) is 18.5 Å². The Balaban J connectivity index is 1.42. The molecule has 0 aliphatic carbocycles. The van der Waals surface area contributed by atoms with Crippen molar-refractivity contribution >= 4 is 11.9 Å². The van der Waals surface area contributed by atoms with Gasteiger partial charge in [0.05, 0.1) is 20.5 Å². The number of hydrogen-bond acceptors (Lipinski definition) is 9. The number of nitrogens with one attached hydrogen (secondary N) is 1. The van der Waals surface area contributed by atoms with Crippen molar-refractivity contribution in [3.63, 3.8) is 0 Å². The predicted octanol–water partition coefficient (Wildman–Crippen LogP) is 2.60. The highest BCUT2D eigenvalue weighted by atomic mass is 16.6. The van der Waals surface area contributed by atoms with E-state index in [0.29, 0.717) is 35.9 Å². The number of aromatic nitrogens is 2. The summed E-state index contributed by atoms with van der Waals surface area (Å²) in [6.45, 7) is 0.177. The fourth-order valence-corrected chi connectivity index (χ4v) is 2.55. The molecule has 3 aromatic rings. The Morgan fingerprint density at radius 2 is 1.97 bits per heavy atom. The fraction of sp³-hybridized carbons (Fsp3) is 0.300. The SMILES string of the molecule is COc1ccc(-c2noc(COC(=O)CCCNC(=O)c3ccco3)n2)cc1OC. The third-order valence-corrected chi connectivity index (χ3v) is 4.05. The van der Waals surface area contributed by atoms with Crippen LogP contribution in [0.5, 0.6) is 11.5 Å². The van der Waals surface area contributed by atoms with Gasteiger partial charge in [-0.1, -0.05) is 5.16 Å². The van der Waals surface area contributed by atoms with Crippen LogP contribution in [0, 0.1) is 0 Å². The summed E-state index contributed by atoms with van der Waals surface area (Å²) in [7, 11) is 3.08. The van der Waals surface area contributed by atoms with Gasteiger partial charge < -0.3 is 28.5 Å². The van der Waals surface area contributed by atoms with E-state index < -0.39 is 5.97 Å². The quantitative estimate of drug-likeness (QED) is 0.393. The first-order chi connectivity index (χ1) is 14.6. The maximum Gasteiger partial charge on any atom is 0.306 e. The number of ether oxygens (including phenoxy) is 3. The molecule has 10 heteroatoms.